The molecule has 1 N–H and O–H groups in total. The quantitative estimate of drug-likeness (QED) is 0.693. The van der Waals surface area contributed by atoms with E-state index in [0.29, 0.717) is 0 Å². The van der Waals surface area contributed by atoms with Gasteiger partial charge < -0.3 is 24.1 Å². The highest BCUT2D eigenvalue weighted by Gasteiger charge is 2.47. The number of hydrogen-bond acceptors (Lipinski definition) is 7. The lowest BCUT2D eigenvalue weighted by atomic mass is 10.1. The standard InChI is InChI=1S/C9H13FO7/c1-4(11)15-3-5-7(17-9(13)14-2)6(10)8(12)16-5/h5-8,12H,3H2,1-2H3/t5-,6+,7-,8?/m1/s1. The van der Waals surface area contributed by atoms with Gasteiger partial charge in [-0.3, -0.25) is 4.79 Å². The number of ether oxygens (including phenoxy) is 4. The van der Waals surface area contributed by atoms with Crippen LogP contribution in [0.15, 0.2) is 0 Å². The molecule has 0 bridgehead atoms. The van der Waals surface area contributed by atoms with Gasteiger partial charge >= 0.3 is 12.1 Å². The zero-order valence-electron chi connectivity index (χ0n) is 9.29. The molecule has 0 aromatic carbocycles. The van der Waals surface area contributed by atoms with E-state index in [1.54, 1.807) is 0 Å². The van der Waals surface area contributed by atoms with Crippen molar-refractivity contribution in [3.05, 3.63) is 0 Å². The van der Waals surface area contributed by atoms with Crippen molar-refractivity contribution in [1.82, 2.24) is 0 Å². The van der Waals surface area contributed by atoms with Gasteiger partial charge in [-0.25, -0.2) is 9.18 Å². The summed E-state index contributed by atoms with van der Waals surface area (Å²) >= 11 is 0. The predicted octanol–water partition coefficient (Wildman–Crippen LogP) is -0.244. The van der Waals surface area contributed by atoms with Crippen LogP contribution in [0.2, 0.25) is 0 Å². The van der Waals surface area contributed by atoms with Crippen LogP contribution < -0.4 is 0 Å². The fraction of sp³-hybridized carbons (Fsp3) is 0.778. The molecule has 0 aromatic rings. The molecule has 8 heteroatoms. The monoisotopic (exact) mass is 252 g/mol. The molecule has 1 aliphatic heterocycles. The smallest absolute Gasteiger partial charge is 0.463 e. The molecule has 0 saturated carbocycles. The van der Waals surface area contributed by atoms with E-state index < -0.39 is 36.8 Å². The highest BCUT2D eigenvalue weighted by Crippen LogP contribution is 2.26. The summed E-state index contributed by atoms with van der Waals surface area (Å²) in [5.74, 6) is -0.595. The molecule has 1 fully saturated rings. The molecule has 1 aliphatic rings. The number of alkyl halides is 1. The first-order chi connectivity index (χ1) is 7.95. The van der Waals surface area contributed by atoms with Crippen molar-refractivity contribution in [1.29, 1.82) is 0 Å². The number of halogens is 1. The number of methoxy groups -OCH3 is 1. The lowest BCUT2D eigenvalue weighted by Crippen LogP contribution is -2.37. The summed E-state index contributed by atoms with van der Waals surface area (Å²) < 4.78 is 31.5. The zero-order chi connectivity index (χ0) is 13.0. The summed E-state index contributed by atoms with van der Waals surface area (Å²) in [5, 5.41) is 9.12. The second kappa shape index (κ2) is 5.78. The average molecular weight is 252 g/mol. The van der Waals surface area contributed by atoms with Gasteiger partial charge in [0.1, 0.15) is 12.7 Å². The number of rotatable bonds is 3. The van der Waals surface area contributed by atoms with Crippen molar-refractivity contribution in [3.8, 4) is 0 Å². The highest BCUT2D eigenvalue weighted by molar-refractivity contribution is 5.65. The number of carbonyl (C=O) groups is 2. The van der Waals surface area contributed by atoms with Gasteiger partial charge in [0, 0.05) is 6.92 Å². The molecule has 1 rings (SSSR count). The van der Waals surface area contributed by atoms with E-state index in [9.17, 15) is 14.0 Å². The maximum Gasteiger partial charge on any atom is 0.508 e. The topological polar surface area (TPSA) is 91.3 Å². The largest absolute Gasteiger partial charge is 0.508 e. The number of hydrogen-bond donors (Lipinski definition) is 1. The Bertz CT molecular complexity index is 295. The number of aliphatic hydroxyl groups is 1. The lowest BCUT2D eigenvalue weighted by Gasteiger charge is -2.18. The van der Waals surface area contributed by atoms with Crippen LogP contribution >= 0.6 is 0 Å². The van der Waals surface area contributed by atoms with Gasteiger partial charge in [0.05, 0.1) is 7.11 Å². The lowest BCUT2D eigenvalue weighted by molar-refractivity contribution is -0.154. The van der Waals surface area contributed by atoms with Crippen LogP contribution in [-0.2, 0) is 23.7 Å². The van der Waals surface area contributed by atoms with Crippen molar-refractivity contribution in [2.45, 2.75) is 31.6 Å². The van der Waals surface area contributed by atoms with E-state index in [-0.39, 0.29) is 6.61 Å². The van der Waals surface area contributed by atoms with Crippen LogP contribution in [0, 0.1) is 0 Å². The van der Waals surface area contributed by atoms with Gasteiger partial charge in [-0.1, -0.05) is 0 Å². The third kappa shape index (κ3) is 3.53. The second-order valence-corrected chi connectivity index (χ2v) is 3.35. The van der Waals surface area contributed by atoms with E-state index >= 15 is 0 Å². The van der Waals surface area contributed by atoms with Crippen LogP contribution in [0.4, 0.5) is 9.18 Å². The van der Waals surface area contributed by atoms with E-state index in [1.165, 1.54) is 0 Å². The predicted molar refractivity (Wildman–Crippen MR) is 49.7 cm³/mol. The van der Waals surface area contributed by atoms with Crippen LogP contribution in [0.5, 0.6) is 0 Å². The Morgan fingerprint density at radius 2 is 2.12 bits per heavy atom. The summed E-state index contributed by atoms with van der Waals surface area (Å²) in [6.45, 7) is 0.836. The number of esters is 1. The minimum atomic E-state index is -1.92. The van der Waals surface area contributed by atoms with Gasteiger partial charge in [0.2, 0.25) is 0 Å². The normalized spacial score (nSPS) is 32.0. The first-order valence-corrected chi connectivity index (χ1v) is 4.81. The summed E-state index contributed by atoms with van der Waals surface area (Å²) in [5.41, 5.74) is 0. The molecule has 0 amide bonds. The second-order valence-electron chi connectivity index (χ2n) is 3.35. The number of aliphatic hydroxyl groups excluding tert-OH is 1. The Hall–Kier alpha value is -1.41. The number of carbonyl (C=O) groups excluding carboxylic acids is 2. The zero-order valence-corrected chi connectivity index (χ0v) is 9.29. The fourth-order valence-electron chi connectivity index (χ4n) is 1.33. The minimum absolute atomic E-state index is 0.325. The van der Waals surface area contributed by atoms with Gasteiger partial charge in [-0.15, -0.1) is 0 Å². The third-order valence-electron chi connectivity index (χ3n) is 2.12. The van der Waals surface area contributed by atoms with Crippen molar-refractivity contribution in [2.75, 3.05) is 13.7 Å². The Kier molecular flexibility index (Phi) is 4.64. The van der Waals surface area contributed by atoms with Gasteiger partial charge in [-0.05, 0) is 0 Å². The van der Waals surface area contributed by atoms with Crippen molar-refractivity contribution >= 4 is 12.1 Å². The summed E-state index contributed by atoms with van der Waals surface area (Å²) in [6.07, 6.45) is -7.21. The molecule has 17 heavy (non-hydrogen) atoms. The van der Waals surface area contributed by atoms with Crippen LogP contribution in [0.1, 0.15) is 6.92 Å². The van der Waals surface area contributed by atoms with E-state index in [2.05, 4.69) is 14.2 Å². The molecular weight excluding hydrogens is 239 g/mol. The first-order valence-electron chi connectivity index (χ1n) is 4.81. The molecular formula is C9H13FO7. The van der Waals surface area contributed by atoms with Crippen molar-refractivity contribution in [2.24, 2.45) is 0 Å². The highest BCUT2D eigenvalue weighted by atomic mass is 19.1. The summed E-state index contributed by atoms with van der Waals surface area (Å²) in [7, 11) is 1.06. The molecule has 98 valence electrons. The Morgan fingerprint density at radius 3 is 2.65 bits per heavy atom. The van der Waals surface area contributed by atoms with Gasteiger partial charge in [0.15, 0.2) is 18.6 Å². The molecule has 0 spiro atoms. The average Bonchev–Trinajstić information content (AvgIpc) is 2.54. The summed E-state index contributed by atoms with van der Waals surface area (Å²) in [6, 6.07) is 0. The van der Waals surface area contributed by atoms with E-state index in [0.717, 1.165) is 14.0 Å². The minimum Gasteiger partial charge on any atom is -0.463 e. The molecule has 1 heterocycles. The van der Waals surface area contributed by atoms with Crippen LogP contribution in [0.3, 0.4) is 0 Å². The third-order valence-corrected chi connectivity index (χ3v) is 2.12. The van der Waals surface area contributed by atoms with Crippen molar-refractivity contribution in [3.63, 3.8) is 0 Å². The molecule has 4 atom stereocenters. The molecule has 0 aliphatic carbocycles. The molecule has 7 nitrogen and oxygen atoms in total. The van der Waals surface area contributed by atoms with Gasteiger partial charge in [-0.2, -0.15) is 0 Å². The van der Waals surface area contributed by atoms with Crippen molar-refractivity contribution < 1.29 is 38.0 Å². The van der Waals surface area contributed by atoms with E-state index in [4.69, 9.17) is 9.84 Å². The van der Waals surface area contributed by atoms with Crippen LogP contribution in [0.25, 0.3) is 0 Å². The first kappa shape index (κ1) is 13.7. The fourth-order valence-corrected chi connectivity index (χ4v) is 1.33. The van der Waals surface area contributed by atoms with Gasteiger partial charge in [0.25, 0.3) is 0 Å². The molecule has 0 aromatic heterocycles. The van der Waals surface area contributed by atoms with E-state index in [1.807, 2.05) is 0 Å². The maximum absolute atomic E-state index is 13.4. The molecule has 1 saturated heterocycles. The maximum atomic E-state index is 13.4. The summed E-state index contributed by atoms with van der Waals surface area (Å²) in [4.78, 5) is 21.4. The van der Waals surface area contributed by atoms with Crippen LogP contribution in [-0.4, -0.2) is 55.6 Å². The Labute approximate surface area is 96.4 Å². The Balaban J connectivity index is 2.60. The molecule has 1 unspecified atom stereocenters. The Morgan fingerprint density at radius 1 is 1.47 bits per heavy atom. The molecule has 0 radical (unpaired) electrons. The SMILES string of the molecule is COC(=O)O[C@H]1[C@H](F)C(O)O[C@@H]1COC(C)=O.